The number of rotatable bonds is 5. The highest BCUT2D eigenvalue weighted by Gasteiger charge is 2.69. The van der Waals surface area contributed by atoms with Gasteiger partial charge in [-0.2, -0.15) is 0 Å². The van der Waals surface area contributed by atoms with E-state index in [2.05, 4.69) is 0 Å². The maximum atomic E-state index is 12.1. The monoisotopic (exact) mass is 298 g/mol. The number of aliphatic hydroxyl groups excluding tert-OH is 1. The number of aliphatic hydroxyl groups is 1. The third-order valence-corrected chi connectivity index (χ3v) is 5.44. The Morgan fingerprint density at radius 1 is 1.48 bits per heavy atom. The molecular formula is C15H22O6. The molecule has 2 aliphatic carbocycles. The van der Waals surface area contributed by atoms with Crippen LogP contribution in [0.1, 0.15) is 26.7 Å². The quantitative estimate of drug-likeness (QED) is 0.595. The normalized spacial score (nSPS) is 42.8. The third-order valence-electron chi connectivity index (χ3n) is 5.44. The summed E-state index contributed by atoms with van der Waals surface area (Å²) >= 11 is 0. The zero-order valence-electron chi connectivity index (χ0n) is 12.5. The van der Waals surface area contributed by atoms with E-state index in [0.717, 1.165) is 6.42 Å². The minimum absolute atomic E-state index is 0.0343. The molecule has 1 saturated heterocycles. The van der Waals surface area contributed by atoms with Gasteiger partial charge in [0.25, 0.3) is 0 Å². The van der Waals surface area contributed by atoms with Crippen molar-refractivity contribution in [1.29, 1.82) is 0 Å². The molecule has 3 aliphatic rings. The van der Waals surface area contributed by atoms with Gasteiger partial charge >= 0.3 is 11.9 Å². The number of hydrogen-bond acceptors (Lipinski definition) is 6. The maximum Gasteiger partial charge on any atom is 0.310 e. The van der Waals surface area contributed by atoms with E-state index in [0.29, 0.717) is 6.42 Å². The van der Waals surface area contributed by atoms with Crippen molar-refractivity contribution in [3.05, 3.63) is 0 Å². The number of ether oxygens (including phenoxy) is 3. The van der Waals surface area contributed by atoms with Crippen LogP contribution in [-0.2, 0) is 23.8 Å². The van der Waals surface area contributed by atoms with Crippen molar-refractivity contribution in [2.24, 2.45) is 29.6 Å². The van der Waals surface area contributed by atoms with Gasteiger partial charge in [0.05, 0.1) is 11.8 Å². The van der Waals surface area contributed by atoms with Crippen molar-refractivity contribution in [3.63, 3.8) is 0 Å². The second kappa shape index (κ2) is 5.25. The van der Waals surface area contributed by atoms with E-state index in [1.807, 2.05) is 13.8 Å². The van der Waals surface area contributed by atoms with Gasteiger partial charge in [0.1, 0.15) is 12.2 Å². The van der Waals surface area contributed by atoms with Crippen LogP contribution in [0.25, 0.3) is 0 Å². The van der Waals surface area contributed by atoms with Crippen LogP contribution in [0.2, 0.25) is 0 Å². The molecule has 3 rings (SSSR count). The average Bonchev–Trinajstić information content (AvgIpc) is 3.08. The molecule has 0 radical (unpaired) electrons. The average molecular weight is 298 g/mol. The molecule has 0 aromatic carbocycles. The molecule has 6 heteroatoms. The molecule has 21 heavy (non-hydrogen) atoms. The Bertz CT molecular complexity index is 449. The van der Waals surface area contributed by atoms with Crippen LogP contribution in [0, 0.1) is 29.6 Å². The van der Waals surface area contributed by atoms with Gasteiger partial charge < -0.3 is 19.3 Å². The first kappa shape index (κ1) is 14.8. The standard InChI is InChI=1S/C15H22O6/c1-4-6(2)13(16)20-11-7-5-8-10(9(7)14(17)19-3)15(18)21-12(8)11/h6-12,14,17H,4-5H2,1-3H3. The zero-order chi connectivity index (χ0) is 15.3. The van der Waals surface area contributed by atoms with E-state index < -0.39 is 12.4 Å². The summed E-state index contributed by atoms with van der Waals surface area (Å²) in [5.41, 5.74) is 0. The van der Waals surface area contributed by atoms with Gasteiger partial charge in [-0.25, -0.2) is 0 Å². The summed E-state index contributed by atoms with van der Waals surface area (Å²) < 4.78 is 16.0. The summed E-state index contributed by atoms with van der Waals surface area (Å²) in [5, 5.41) is 10.1. The van der Waals surface area contributed by atoms with E-state index in [-0.39, 0.29) is 47.6 Å². The van der Waals surface area contributed by atoms with Crippen LogP contribution in [-0.4, -0.2) is 42.7 Å². The van der Waals surface area contributed by atoms with Crippen LogP contribution in [0.3, 0.4) is 0 Å². The smallest absolute Gasteiger partial charge is 0.310 e. The Balaban J connectivity index is 1.81. The zero-order valence-corrected chi connectivity index (χ0v) is 12.5. The molecule has 3 fully saturated rings. The fraction of sp³-hybridized carbons (Fsp3) is 0.867. The molecular weight excluding hydrogens is 276 g/mol. The van der Waals surface area contributed by atoms with Gasteiger partial charge in [0.2, 0.25) is 0 Å². The Hall–Kier alpha value is -1.14. The van der Waals surface area contributed by atoms with Crippen LogP contribution < -0.4 is 0 Å². The molecule has 2 saturated carbocycles. The maximum absolute atomic E-state index is 12.1. The lowest BCUT2D eigenvalue weighted by Crippen LogP contribution is -2.45. The van der Waals surface area contributed by atoms with Gasteiger partial charge in [0, 0.05) is 24.9 Å². The number of carbonyl (C=O) groups excluding carboxylic acids is 2. The lowest BCUT2D eigenvalue weighted by molar-refractivity contribution is -0.175. The SMILES string of the molecule is CCC(C)C(=O)OC1C2CC3C1OC(=O)C3C2C(O)OC. The number of hydrogen-bond donors (Lipinski definition) is 1. The number of fused-ring (bicyclic) bond motifs is 1. The van der Waals surface area contributed by atoms with Crippen molar-refractivity contribution in [1.82, 2.24) is 0 Å². The summed E-state index contributed by atoms with van der Waals surface area (Å²) in [6.07, 6.45) is -0.377. The Labute approximate surface area is 123 Å². The molecule has 8 atom stereocenters. The van der Waals surface area contributed by atoms with Crippen molar-refractivity contribution in [2.45, 2.75) is 45.2 Å². The van der Waals surface area contributed by atoms with Crippen molar-refractivity contribution in [2.75, 3.05) is 7.11 Å². The highest BCUT2D eigenvalue weighted by atomic mass is 16.6. The van der Waals surface area contributed by atoms with Gasteiger partial charge in [-0.3, -0.25) is 9.59 Å². The first-order valence-electron chi connectivity index (χ1n) is 7.61. The topological polar surface area (TPSA) is 82.1 Å². The van der Waals surface area contributed by atoms with Gasteiger partial charge in [-0.05, 0) is 12.8 Å². The lowest BCUT2D eigenvalue weighted by Gasteiger charge is -2.33. The molecule has 118 valence electrons. The van der Waals surface area contributed by atoms with Crippen LogP contribution in [0.5, 0.6) is 0 Å². The van der Waals surface area contributed by atoms with Gasteiger partial charge in [0.15, 0.2) is 6.29 Å². The van der Waals surface area contributed by atoms with Crippen molar-refractivity contribution in [3.8, 4) is 0 Å². The summed E-state index contributed by atoms with van der Waals surface area (Å²) in [4.78, 5) is 24.1. The molecule has 0 amide bonds. The Morgan fingerprint density at radius 3 is 2.81 bits per heavy atom. The molecule has 6 nitrogen and oxygen atoms in total. The Morgan fingerprint density at radius 2 is 2.19 bits per heavy atom. The van der Waals surface area contributed by atoms with E-state index >= 15 is 0 Å². The minimum atomic E-state index is -1.03. The first-order valence-corrected chi connectivity index (χ1v) is 7.61. The highest BCUT2D eigenvalue weighted by Crippen LogP contribution is 2.59. The number of carbonyl (C=O) groups is 2. The van der Waals surface area contributed by atoms with E-state index in [1.165, 1.54) is 7.11 Å². The van der Waals surface area contributed by atoms with Crippen molar-refractivity contribution < 1.29 is 28.9 Å². The molecule has 0 aromatic heterocycles. The summed E-state index contributed by atoms with van der Waals surface area (Å²) in [7, 11) is 1.41. The van der Waals surface area contributed by atoms with Crippen LogP contribution in [0.15, 0.2) is 0 Å². The van der Waals surface area contributed by atoms with E-state index in [9.17, 15) is 14.7 Å². The largest absolute Gasteiger partial charge is 0.458 e. The predicted molar refractivity (Wildman–Crippen MR) is 70.8 cm³/mol. The van der Waals surface area contributed by atoms with Crippen molar-refractivity contribution >= 4 is 11.9 Å². The van der Waals surface area contributed by atoms with E-state index in [1.54, 1.807) is 0 Å². The second-order valence-corrected chi connectivity index (χ2v) is 6.41. The first-order chi connectivity index (χ1) is 9.99. The predicted octanol–water partition coefficient (Wildman–Crippen LogP) is 0.717. The van der Waals surface area contributed by atoms with Gasteiger partial charge in [-0.1, -0.05) is 13.8 Å². The van der Waals surface area contributed by atoms with Gasteiger partial charge in [-0.15, -0.1) is 0 Å². The lowest BCUT2D eigenvalue weighted by atomic mass is 9.78. The molecule has 1 N–H and O–H groups in total. The fourth-order valence-corrected chi connectivity index (χ4v) is 4.17. The van der Waals surface area contributed by atoms with Crippen LogP contribution >= 0.6 is 0 Å². The molecule has 8 unspecified atom stereocenters. The molecule has 1 aliphatic heterocycles. The number of esters is 2. The molecule has 1 heterocycles. The second-order valence-electron chi connectivity index (χ2n) is 6.41. The molecule has 0 spiro atoms. The Kier molecular flexibility index (Phi) is 3.69. The van der Waals surface area contributed by atoms with E-state index in [4.69, 9.17) is 14.2 Å². The summed E-state index contributed by atoms with van der Waals surface area (Å²) in [6, 6.07) is 0. The molecule has 0 aromatic rings. The number of methoxy groups -OCH3 is 1. The highest BCUT2D eigenvalue weighted by molar-refractivity contribution is 5.78. The third kappa shape index (κ3) is 2.07. The summed E-state index contributed by atoms with van der Waals surface area (Å²) in [6.45, 7) is 3.75. The fourth-order valence-electron chi connectivity index (χ4n) is 4.17. The van der Waals surface area contributed by atoms with Crippen LogP contribution in [0.4, 0.5) is 0 Å². The molecule has 2 bridgehead atoms. The summed E-state index contributed by atoms with van der Waals surface area (Å²) in [5.74, 6) is -1.44. The minimum Gasteiger partial charge on any atom is -0.458 e.